The minimum Gasteiger partial charge on any atom is -0.314 e. The van der Waals surface area contributed by atoms with Crippen LogP contribution in [0, 0.1) is 11.8 Å². The molecule has 0 aromatic heterocycles. The van der Waals surface area contributed by atoms with Gasteiger partial charge in [0.15, 0.2) is 0 Å². The summed E-state index contributed by atoms with van der Waals surface area (Å²) in [6.07, 6.45) is 10.7. The van der Waals surface area contributed by atoms with E-state index in [2.05, 4.69) is 29.1 Å². The zero-order chi connectivity index (χ0) is 12.8. The van der Waals surface area contributed by atoms with Crippen LogP contribution in [-0.2, 0) is 0 Å². The van der Waals surface area contributed by atoms with Crippen LogP contribution in [0.3, 0.4) is 0 Å². The number of likely N-dealkylation sites (N-methyl/N-ethyl adjacent to an activating group) is 1. The van der Waals surface area contributed by atoms with Gasteiger partial charge >= 0.3 is 0 Å². The number of piperidine rings is 1. The molecule has 0 bridgehead atoms. The third-order valence-corrected chi connectivity index (χ3v) is 4.94. The molecule has 1 aliphatic heterocycles. The Balaban J connectivity index is 2.14. The molecule has 0 amide bonds. The molecule has 0 spiro atoms. The lowest BCUT2D eigenvalue weighted by molar-refractivity contribution is 0.0403. The van der Waals surface area contributed by atoms with Gasteiger partial charge in [0, 0.05) is 18.0 Å². The summed E-state index contributed by atoms with van der Waals surface area (Å²) in [6.45, 7) is 4.56. The summed E-state index contributed by atoms with van der Waals surface area (Å²) in [7, 11) is 2.12. The van der Waals surface area contributed by atoms with Gasteiger partial charge in [-0.25, -0.2) is 0 Å². The standard InChI is InChI=1S/C16H28N2/c1-3-4-10-15(17-2)16(11-6-7-12-16)18-13-8-5-9-14-18/h15,17H,5-14H2,1-2H3. The van der Waals surface area contributed by atoms with Crippen LogP contribution in [0.1, 0.15) is 58.3 Å². The van der Waals surface area contributed by atoms with Crippen molar-refractivity contribution in [3.05, 3.63) is 0 Å². The van der Waals surface area contributed by atoms with Gasteiger partial charge in [-0.05, 0) is 52.7 Å². The van der Waals surface area contributed by atoms with E-state index < -0.39 is 0 Å². The van der Waals surface area contributed by atoms with Crippen molar-refractivity contribution in [3.8, 4) is 11.8 Å². The number of likely N-dealkylation sites (tertiary alicyclic amines) is 1. The summed E-state index contributed by atoms with van der Waals surface area (Å²) in [4.78, 5) is 2.79. The maximum absolute atomic E-state index is 3.57. The van der Waals surface area contributed by atoms with Crippen LogP contribution in [0.4, 0.5) is 0 Å². The molecule has 1 atom stereocenters. The molecule has 1 unspecified atom stereocenters. The molecule has 2 fully saturated rings. The predicted molar refractivity (Wildman–Crippen MR) is 77.5 cm³/mol. The molecule has 2 aliphatic rings. The summed E-state index contributed by atoms with van der Waals surface area (Å²) in [5.41, 5.74) is 0.402. The summed E-state index contributed by atoms with van der Waals surface area (Å²) < 4.78 is 0. The lowest BCUT2D eigenvalue weighted by atomic mass is 9.83. The van der Waals surface area contributed by atoms with E-state index in [0.29, 0.717) is 11.6 Å². The SMILES string of the molecule is CC#CCC(NC)C1(N2CCCCC2)CCCC1. The summed E-state index contributed by atoms with van der Waals surface area (Å²) in [6, 6.07) is 0.547. The Hall–Kier alpha value is -0.520. The highest BCUT2D eigenvalue weighted by atomic mass is 15.2. The van der Waals surface area contributed by atoms with Crippen molar-refractivity contribution >= 4 is 0 Å². The van der Waals surface area contributed by atoms with E-state index >= 15 is 0 Å². The van der Waals surface area contributed by atoms with Crippen molar-refractivity contribution in [1.29, 1.82) is 0 Å². The molecule has 102 valence electrons. The molecule has 18 heavy (non-hydrogen) atoms. The molecular formula is C16H28N2. The Kier molecular flexibility index (Phi) is 5.09. The van der Waals surface area contributed by atoms with E-state index in [1.54, 1.807) is 0 Å². The zero-order valence-electron chi connectivity index (χ0n) is 12.1. The van der Waals surface area contributed by atoms with Gasteiger partial charge in [-0.1, -0.05) is 19.3 Å². The first-order valence-corrected chi connectivity index (χ1v) is 7.65. The van der Waals surface area contributed by atoms with Gasteiger partial charge in [0.1, 0.15) is 0 Å². The normalized spacial score (nSPS) is 25.4. The number of rotatable bonds is 4. The molecule has 1 saturated carbocycles. The Morgan fingerprint density at radius 1 is 1.11 bits per heavy atom. The average Bonchev–Trinajstić information content (AvgIpc) is 2.91. The Bertz CT molecular complexity index is 301. The maximum atomic E-state index is 3.57. The smallest absolute Gasteiger partial charge is 0.0371 e. The molecule has 1 heterocycles. The van der Waals surface area contributed by atoms with Crippen molar-refractivity contribution in [2.24, 2.45) is 0 Å². The number of nitrogens with one attached hydrogen (secondary N) is 1. The first-order chi connectivity index (χ1) is 8.83. The minimum atomic E-state index is 0.402. The van der Waals surface area contributed by atoms with Crippen LogP contribution in [0.5, 0.6) is 0 Å². The fourth-order valence-electron chi connectivity index (χ4n) is 3.98. The molecular weight excluding hydrogens is 220 g/mol. The highest BCUT2D eigenvalue weighted by molar-refractivity contribution is 5.09. The van der Waals surface area contributed by atoms with Crippen molar-refractivity contribution < 1.29 is 0 Å². The van der Waals surface area contributed by atoms with Gasteiger partial charge in [-0.3, -0.25) is 4.90 Å². The molecule has 0 aromatic rings. The first kappa shape index (κ1) is 13.9. The lowest BCUT2D eigenvalue weighted by Crippen LogP contribution is -2.60. The summed E-state index contributed by atoms with van der Waals surface area (Å²) in [5.74, 6) is 6.37. The first-order valence-electron chi connectivity index (χ1n) is 7.65. The molecule has 1 N–H and O–H groups in total. The number of hydrogen-bond acceptors (Lipinski definition) is 2. The second-order valence-electron chi connectivity index (χ2n) is 5.83. The Morgan fingerprint density at radius 2 is 1.78 bits per heavy atom. The van der Waals surface area contributed by atoms with Crippen molar-refractivity contribution in [2.75, 3.05) is 20.1 Å². The highest BCUT2D eigenvalue weighted by Gasteiger charge is 2.45. The third kappa shape index (κ3) is 2.73. The van der Waals surface area contributed by atoms with Crippen LogP contribution in [0.25, 0.3) is 0 Å². The van der Waals surface area contributed by atoms with E-state index in [9.17, 15) is 0 Å². The van der Waals surface area contributed by atoms with Crippen LogP contribution >= 0.6 is 0 Å². The predicted octanol–water partition coefficient (Wildman–Crippen LogP) is 2.79. The summed E-state index contributed by atoms with van der Waals surface area (Å²) in [5, 5.41) is 3.57. The molecule has 2 rings (SSSR count). The van der Waals surface area contributed by atoms with Crippen molar-refractivity contribution in [3.63, 3.8) is 0 Å². The number of nitrogens with zero attached hydrogens (tertiary/aromatic N) is 1. The van der Waals surface area contributed by atoms with Crippen LogP contribution in [-0.4, -0.2) is 36.6 Å². The van der Waals surface area contributed by atoms with Gasteiger partial charge in [-0.2, -0.15) is 0 Å². The fourth-order valence-corrected chi connectivity index (χ4v) is 3.98. The fraction of sp³-hybridized carbons (Fsp3) is 0.875. The third-order valence-electron chi connectivity index (χ3n) is 4.94. The largest absolute Gasteiger partial charge is 0.314 e. The average molecular weight is 248 g/mol. The molecule has 0 radical (unpaired) electrons. The Labute approximate surface area is 113 Å². The second kappa shape index (κ2) is 6.59. The van der Waals surface area contributed by atoms with Crippen LogP contribution in [0.15, 0.2) is 0 Å². The molecule has 1 saturated heterocycles. The van der Waals surface area contributed by atoms with Crippen molar-refractivity contribution in [1.82, 2.24) is 10.2 Å². The second-order valence-corrected chi connectivity index (χ2v) is 5.83. The minimum absolute atomic E-state index is 0.402. The van der Waals surface area contributed by atoms with Crippen molar-refractivity contribution in [2.45, 2.75) is 69.9 Å². The van der Waals surface area contributed by atoms with E-state index in [1.807, 2.05) is 6.92 Å². The molecule has 2 heteroatoms. The van der Waals surface area contributed by atoms with Gasteiger partial charge in [0.05, 0.1) is 0 Å². The molecule has 0 aromatic carbocycles. The van der Waals surface area contributed by atoms with Gasteiger partial charge in [-0.15, -0.1) is 11.8 Å². The van der Waals surface area contributed by atoms with E-state index in [1.165, 1.54) is 58.0 Å². The lowest BCUT2D eigenvalue weighted by Gasteiger charge is -2.48. The number of hydrogen-bond donors (Lipinski definition) is 1. The zero-order valence-corrected chi connectivity index (χ0v) is 12.1. The highest BCUT2D eigenvalue weighted by Crippen LogP contribution is 2.40. The van der Waals surface area contributed by atoms with Gasteiger partial charge < -0.3 is 5.32 Å². The molecule has 1 aliphatic carbocycles. The van der Waals surface area contributed by atoms with E-state index in [0.717, 1.165) is 6.42 Å². The summed E-state index contributed by atoms with van der Waals surface area (Å²) >= 11 is 0. The van der Waals surface area contributed by atoms with Crippen LogP contribution < -0.4 is 5.32 Å². The van der Waals surface area contributed by atoms with Gasteiger partial charge in [0.25, 0.3) is 0 Å². The molecule has 2 nitrogen and oxygen atoms in total. The van der Waals surface area contributed by atoms with Crippen LogP contribution in [0.2, 0.25) is 0 Å². The Morgan fingerprint density at radius 3 is 2.33 bits per heavy atom. The van der Waals surface area contributed by atoms with E-state index in [4.69, 9.17) is 0 Å². The van der Waals surface area contributed by atoms with E-state index in [-0.39, 0.29) is 0 Å². The monoisotopic (exact) mass is 248 g/mol. The topological polar surface area (TPSA) is 15.3 Å². The quantitative estimate of drug-likeness (QED) is 0.770. The van der Waals surface area contributed by atoms with Gasteiger partial charge in [0.2, 0.25) is 0 Å². The maximum Gasteiger partial charge on any atom is 0.0371 e.